The van der Waals surface area contributed by atoms with Crippen molar-refractivity contribution in [3.63, 3.8) is 0 Å². The molecule has 0 bridgehead atoms. The first-order valence-electron chi connectivity index (χ1n) is 6.29. The lowest BCUT2D eigenvalue weighted by Crippen LogP contribution is -2.48. The average Bonchev–Trinajstić information content (AvgIpc) is 2.20. The number of piperazine rings is 1. The summed E-state index contributed by atoms with van der Waals surface area (Å²) in [5, 5.41) is 0. The summed E-state index contributed by atoms with van der Waals surface area (Å²) in [6, 6.07) is 0. The molecule has 1 aliphatic heterocycles. The molecule has 0 aromatic rings. The minimum Gasteiger partial charge on any atom is -0.301 e. The highest BCUT2D eigenvalue weighted by Gasteiger charge is 2.20. The highest BCUT2D eigenvalue weighted by atomic mass is 32.1. The van der Waals surface area contributed by atoms with Crippen molar-refractivity contribution in [2.24, 2.45) is 5.41 Å². The van der Waals surface area contributed by atoms with Gasteiger partial charge in [-0.25, -0.2) is 0 Å². The van der Waals surface area contributed by atoms with Crippen LogP contribution in [-0.2, 0) is 11.6 Å². The second-order valence-corrected chi connectivity index (χ2v) is 5.88. The van der Waals surface area contributed by atoms with Crippen LogP contribution in [-0.4, -0.2) is 57.5 Å². The summed E-state index contributed by atoms with van der Waals surface area (Å²) < 4.78 is 16.6. The molecule has 0 N–H and O–H groups in total. The SMILES string of the molecule is CCCN1CCN(CC(C)(C)C)CC1.O=S=O. The van der Waals surface area contributed by atoms with E-state index in [0.717, 1.165) is 0 Å². The maximum absolute atomic E-state index is 8.29. The van der Waals surface area contributed by atoms with Crippen LogP contribution >= 0.6 is 0 Å². The van der Waals surface area contributed by atoms with E-state index in [0.29, 0.717) is 5.41 Å². The van der Waals surface area contributed by atoms with Crippen molar-refractivity contribution in [1.82, 2.24) is 9.80 Å². The van der Waals surface area contributed by atoms with Crippen molar-refractivity contribution in [3.8, 4) is 0 Å². The fourth-order valence-electron chi connectivity index (χ4n) is 2.16. The van der Waals surface area contributed by atoms with E-state index in [1.807, 2.05) is 0 Å². The Kier molecular flexibility index (Phi) is 8.64. The van der Waals surface area contributed by atoms with Gasteiger partial charge in [0.25, 0.3) is 0 Å². The third kappa shape index (κ3) is 9.44. The van der Waals surface area contributed by atoms with Crippen LogP contribution in [0.4, 0.5) is 0 Å². The van der Waals surface area contributed by atoms with E-state index in [2.05, 4.69) is 37.5 Å². The highest BCUT2D eigenvalue weighted by molar-refractivity contribution is 7.51. The van der Waals surface area contributed by atoms with E-state index >= 15 is 0 Å². The van der Waals surface area contributed by atoms with Crippen molar-refractivity contribution in [2.75, 3.05) is 39.3 Å². The van der Waals surface area contributed by atoms with Gasteiger partial charge < -0.3 is 9.80 Å². The summed E-state index contributed by atoms with van der Waals surface area (Å²) in [5.74, 6) is 0. The minimum atomic E-state index is -0.750. The molecule has 1 fully saturated rings. The first-order chi connectivity index (χ1) is 7.92. The second-order valence-electron chi connectivity index (χ2n) is 5.75. The van der Waals surface area contributed by atoms with Crippen LogP contribution in [0.1, 0.15) is 34.1 Å². The lowest BCUT2D eigenvalue weighted by atomic mass is 9.96. The zero-order chi connectivity index (χ0) is 13.3. The van der Waals surface area contributed by atoms with E-state index in [4.69, 9.17) is 8.42 Å². The Morgan fingerprint density at radius 2 is 1.41 bits per heavy atom. The van der Waals surface area contributed by atoms with Crippen LogP contribution in [0.25, 0.3) is 0 Å². The van der Waals surface area contributed by atoms with Gasteiger partial charge in [0.15, 0.2) is 0 Å². The molecule has 0 aromatic heterocycles. The summed E-state index contributed by atoms with van der Waals surface area (Å²) in [4.78, 5) is 5.19. The zero-order valence-electron chi connectivity index (χ0n) is 11.6. The molecule has 0 spiro atoms. The lowest BCUT2D eigenvalue weighted by molar-refractivity contribution is 0.103. The molecular formula is C12H26N2O2S. The zero-order valence-corrected chi connectivity index (χ0v) is 12.4. The van der Waals surface area contributed by atoms with Crippen LogP contribution in [0.5, 0.6) is 0 Å². The smallest absolute Gasteiger partial charge is 0.301 e. The molecule has 1 rings (SSSR count). The molecule has 102 valence electrons. The Morgan fingerprint density at radius 3 is 1.76 bits per heavy atom. The van der Waals surface area contributed by atoms with Crippen LogP contribution < -0.4 is 0 Å². The molecule has 5 heteroatoms. The first kappa shape index (κ1) is 16.7. The summed E-state index contributed by atoms with van der Waals surface area (Å²) in [6.07, 6.45) is 1.29. The van der Waals surface area contributed by atoms with E-state index in [1.165, 1.54) is 45.7 Å². The minimum absolute atomic E-state index is 0.451. The highest BCUT2D eigenvalue weighted by Crippen LogP contribution is 2.16. The first-order valence-corrected chi connectivity index (χ1v) is 6.96. The number of hydrogen-bond donors (Lipinski definition) is 0. The van der Waals surface area contributed by atoms with E-state index in [9.17, 15) is 0 Å². The molecule has 0 radical (unpaired) electrons. The van der Waals surface area contributed by atoms with E-state index in [1.54, 1.807) is 0 Å². The maximum atomic E-state index is 8.29. The van der Waals surface area contributed by atoms with Crippen LogP contribution in [0.15, 0.2) is 0 Å². The van der Waals surface area contributed by atoms with E-state index < -0.39 is 11.6 Å². The van der Waals surface area contributed by atoms with Gasteiger partial charge in [-0.05, 0) is 18.4 Å². The summed E-state index contributed by atoms with van der Waals surface area (Å²) in [7, 11) is 0. The quantitative estimate of drug-likeness (QED) is 0.771. The molecule has 0 aromatic carbocycles. The Balaban J connectivity index is 0.000000770. The largest absolute Gasteiger partial charge is 0.335 e. The molecule has 1 aliphatic rings. The van der Waals surface area contributed by atoms with Crippen molar-refractivity contribution < 1.29 is 8.42 Å². The summed E-state index contributed by atoms with van der Waals surface area (Å²) in [5.41, 5.74) is 0.451. The predicted octanol–water partition coefficient (Wildman–Crippen LogP) is 1.39. The third-order valence-corrected chi connectivity index (χ3v) is 2.70. The lowest BCUT2D eigenvalue weighted by Gasteiger charge is -2.37. The summed E-state index contributed by atoms with van der Waals surface area (Å²) in [6.45, 7) is 16.8. The molecule has 1 heterocycles. The van der Waals surface area contributed by atoms with Gasteiger partial charge in [0.1, 0.15) is 0 Å². The van der Waals surface area contributed by atoms with Gasteiger partial charge >= 0.3 is 11.6 Å². The third-order valence-electron chi connectivity index (χ3n) is 2.70. The van der Waals surface area contributed by atoms with Crippen molar-refractivity contribution in [3.05, 3.63) is 0 Å². The normalized spacial score (nSPS) is 18.4. The molecule has 1 saturated heterocycles. The molecule has 0 atom stereocenters. The standard InChI is InChI=1S/C12H26N2.O2S/c1-5-6-13-7-9-14(10-8-13)11-12(2,3)4;1-3-2/h5-11H2,1-4H3;. The molecule has 17 heavy (non-hydrogen) atoms. The van der Waals surface area contributed by atoms with Crippen LogP contribution in [0.3, 0.4) is 0 Å². The average molecular weight is 262 g/mol. The molecular weight excluding hydrogens is 236 g/mol. The van der Waals surface area contributed by atoms with Gasteiger partial charge in [0.2, 0.25) is 0 Å². The van der Waals surface area contributed by atoms with Crippen molar-refractivity contribution in [2.45, 2.75) is 34.1 Å². The van der Waals surface area contributed by atoms with Gasteiger partial charge in [0, 0.05) is 32.7 Å². The number of nitrogens with zero attached hydrogens (tertiary/aromatic N) is 2. The van der Waals surface area contributed by atoms with Crippen LogP contribution in [0.2, 0.25) is 0 Å². The Labute approximate surface area is 109 Å². The van der Waals surface area contributed by atoms with E-state index in [-0.39, 0.29) is 0 Å². The number of rotatable bonds is 3. The van der Waals surface area contributed by atoms with Crippen LogP contribution in [0, 0.1) is 5.41 Å². The predicted molar refractivity (Wildman–Crippen MR) is 71.5 cm³/mol. The molecule has 0 aliphatic carbocycles. The van der Waals surface area contributed by atoms with Crippen molar-refractivity contribution in [1.29, 1.82) is 0 Å². The van der Waals surface area contributed by atoms with Gasteiger partial charge in [0.05, 0.1) is 0 Å². The van der Waals surface area contributed by atoms with Gasteiger partial charge in [-0.15, -0.1) is 0 Å². The van der Waals surface area contributed by atoms with Gasteiger partial charge in [-0.3, -0.25) is 0 Å². The fraction of sp³-hybridized carbons (Fsp3) is 1.00. The monoisotopic (exact) mass is 262 g/mol. The van der Waals surface area contributed by atoms with Gasteiger partial charge in [-0.1, -0.05) is 27.7 Å². The second kappa shape index (κ2) is 8.78. The maximum Gasteiger partial charge on any atom is 0.335 e. The fourth-order valence-corrected chi connectivity index (χ4v) is 2.16. The Morgan fingerprint density at radius 1 is 1.00 bits per heavy atom. The summed E-state index contributed by atoms with van der Waals surface area (Å²) >= 11 is -0.750. The Bertz CT molecular complexity index is 227. The molecule has 4 nitrogen and oxygen atoms in total. The Hall–Kier alpha value is -0.260. The topological polar surface area (TPSA) is 40.6 Å². The molecule has 0 amide bonds. The molecule has 0 saturated carbocycles. The van der Waals surface area contributed by atoms with Gasteiger partial charge in [-0.2, -0.15) is 8.42 Å². The number of hydrogen-bond acceptors (Lipinski definition) is 4. The van der Waals surface area contributed by atoms with Crippen molar-refractivity contribution >= 4 is 11.6 Å². The molecule has 0 unspecified atom stereocenters.